The third kappa shape index (κ3) is 3.85. The van der Waals surface area contributed by atoms with Gasteiger partial charge >= 0.3 is 0 Å². The number of nitrogens with one attached hydrogen (secondary N) is 1. The largest absolute Gasteiger partial charge is 0.310 e. The summed E-state index contributed by atoms with van der Waals surface area (Å²) in [4.78, 5) is 4.20. The number of hydrogen-bond donors (Lipinski definition) is 1. The molecule has 0 spiro atoms. The van der Waals surface area contributed by atoms with Crippen LogP contribution in [0.5, 0.6) is 0 Å². The first-order valence-electron chi connectivity index (χ1n) is 8.97. The number of pyridine rings is 1. The van der Waals surface area contributed by atoms with E-state index in [9.17, 15) is 0 Å². The first-order chi connectivity index (χ1) is 10.3. The summed E-state index contributed by atoms with van der Waals surface area (Å²) in [6.45, 7) is 3.19. The topological polar surface area (TPSA) is 24.9 Å². The molecule has 0 radical (unpaired) electrons. The summed E-state index contributed by atoms with van der Waals surface area (Å²) in [5.74, 6) is 1.93. The Hall–Kier alpha value is -0.890. The van der Waals surface area contributed by atoms with Crippen molar-refractivity contribution >= 4 is 0 Å². The SMILES string of the molecule is Cc1cnccc1CNC1CCCCC1C1CCCCC1. The molecule has 2 aliphatic carbocycles. The second-order valence-corrected chi connectivity index (χ2v) is 7.14. The predicted octanol–water partition coefficient (Wildman–Crippen LogP) is 4.62. The lowest BCUT2D eigenvalue weighted by Gasteiger charge is -2.39. The molecule has 0 aromatic carbocycles. The molecule has 2 fully saturated rings. The minimum Gasteiger partial charge on any atom is -0.310 e. The fraction of sp³-hybridized carbons (Fsp3) is 0.737. The molecule has 2 nitrogen and oxygen atoms in total. The zero-order valence-corrected chi connectivity index (χ0v) is 13.5. The fourth-order valence-corrected chi connectivity index (χ4v) is 4.48. The van der Waals surface area contributed by atoms with Gasteiger partial charge in [-0.15, -0.1) is 0 Å². The Morgan fingerprint density at radius 1 is 1.05 bits per heavy atom. The van der Waals surface area contributed by atoms with Crippen molar-refractivity contribution in [1.29, 1.82) is 0 Å². The minimum atomic E-state index is 0.745. The van der Waals surface area contributed by atoms with Crippen LogP contribution in [0.3, 0.4) is 0 Å². The highest BCUT2D eigenvalue weighted by molar-refractivity contribution is 5.21. The van der Waals surface area contributed by atoms with Gasteiger partial charge in [0.25, 0.3) is 0 Å². The molecule has 1 N–H and O–H groups in total. The van der Waals surface area contributed by atoms with Crippen molar-refractivity contribution in [2.45, 2.75) is 77.3 Å². The Morgan fingerprint density at radius 2 is 1.81 bits per heavy atom. The van der Waals surface area contributed by atoms with Crippen molar-refractivity contribution in [1.82, 2.24) is 10.3 Å². The van der Waals surface area contributed by atoms with Gasteiger partial charge in [-0.1, -0.05) is 44.9 Å². The molecular formula is C19H30N2. The average molecular weight is 286 g/mol. The molecule has 1 aromatic rings. The van der Waals surface area contributed by atoms with E-state index >= 15 is 0 Å². The Bertz CT molecular complexity index is 437. The van der Waals surface area contributed by atoms with Crippen molar-refractivity contribution in [2.24, 2.45) is 11.8 Å². The molecule has 3 rings (SSSR count). The van der Waals surface area contributed by atoms with Crippen LogP contribution in [0.15, 0.2) is 18.5 Å². The fourth-order valence-electron chi connectivity index (χ4n) is 4.48. The molecule has 2 heteroatoms. The van der Waals surface area contributed by atoms with Gasteiger partial charge in [-0.2, -0.15) is 0 Å². The maximum Gasteiger partial charge on any atom is 0.0300 e. The molecule has 2 aliphatic rings. The highest BCUT2D eigenvalue weighted by atomic mass is 14.9. The van der Waals surface area contributed by atoms with Gasteiger partial charge in [-0.05, 0) is 48.8 Å². The van der Waals surface area contributed by atoms with Crippen LogP contribution < -0.4 is 5.32 Å². The van der Waals surface area contributed by atoms with E-state index in [-0.39, 0.29) is 0 Å². The van der Waals surface area contributed by atoms with Crippen LogP contribution in [0.2, 0.25) is 0 Å². The lowest BCUT2D eigenvalue weighted by atomic mass is 9.71. The summed E-state index contributed by atoms with van der Waals surface area (Å²) in [5.41, 5.74) is 2.73. The van der Waals surface area contributed by atoms with E-state index in [4.69, 9.17) is 0 Å². The van der Waals surface area contributed by atoms with Crippen molar-refractivity contribution in [3.63, 3.8) is 0 Å². The molecule has 21 heavy (non-hydrogen) atoms. The summed E-state index contributed by atoms with van der Waals surface area (Å²) in [7, 11) is 0. The van der Waals surface area contributed by atoms with Gasteiger partial charge in [0.15, 0.2) is 0 Å². The Kier molecular flexibility index (Phi) is 5.29. The molecule has 0 bridgehead atoms. The molecule has 2 atom stereocenters. The summed E-state index contributed by atoms with van der Waals surface area (Å²) in [6.07, 6.45) is 17.0. The van der Waals surface area contributed by atoms with Crippen LogP contribution in [0.25, 0.3) is 0 Å². The number of aryl methyl sites for hydroxylation is 1. The molecule has 1 heterocycles. The molecule has 0 aliphatic heterocycles. The Labute approximate surface area is 129 Å². The van der Waals surface area contributed by atoms with Crippen molar-refractivity contribution in [3.8, 4) is 0 Å². The number of aromatic nitrogens is 1. The molecule has 2 unspecified atom stereocenters. The zero-order valence-electron chi connectivity index (χ0n) is 13.5. The predicted molar refractivity (Wildman–Crippen MR) is 88.1 cm³/mol. The quantitative estimate of drug-likeness (QED) is 0.873. The van der Waals surface area contributed by atoms with Gasteiger partial charge in [0, 0.05) is 25.0 Å². The first-order valence-corrected chi connectivity index (χ1v) is 8.97. The molecule has 1 aromatic heterocycles. The summed E-state index contributed by atoms with van der Waals surface area (Å²) in [6, 6.07) is 2.91. The minimum absolute atomic E-state index is 0.745. The van der Waals surface area contributed by atoms with Crippen molar-refractivity contribution < 1.29 is 0 Å². The van der Waals surface area contributed by atoms with Gasteiger partial charge in [0.2, 0.25) is 0 Å². The summed E-state index contributed by atoms with van der Waals surface area (Å²) >= 11 is 0. The highest BCUT2D eigenvalue weighted by Gasteiger charge is 2.32. The average Bonchev–Trinajstić information content (AvgIpc) is 2.55. The second kappa shape index (κ2) is 7.40. The van der Waals surface area contributed by atoms with Gasteiger partial charge in [-0.25, -0.2) is 0 Å². The van der Waals surface area contributed by atoms with E-state index in [1.807, 2.05) is 12.4 Å². The molecular weight excluding hydrogens is 256 g/mol. The third-order valence-corrected chi connectivity index (χ3v) is 5.77. The standard InChI is InChI=1S/C19H30N2/c1-15-13-20-12-11-17(15)14-21-19-10-6-5-9-18(19)16-7-3-2-4-8-16/h11-13,16,18-19,21H,2-10,14H2,1H3. The van der Waals surface area contributed by atoms with Gasteiger partial charge in [0.1, 0.15) is 0 Å². The van der Waals surface area contributed by atoms with E-state index in [0.29, 0.717) is 0 Å². The maximum absolute atomic E-state index is 4.20. The number of hydrogen-bond acceptors (Lipinski definition) is 2. The van der Waals surface area contributed by atoms with Crippen LogP contribution in [0, 0.1) is 18.8 Å². The lowest BCUT2D eigenvalue weighted by molar-refractivity contribution is 0.149. The Balaban J connectivity index is 1.60. The normalized spacial score (nSPS) is 27.7. The summed E-state index contributed by atoms with van der Waals surface area (Å²) < 4.78 is 0. The second-order valence-electron chi connectivity index (χ2n) is 7.14. The number of nitrogens with zero attached hydrogens (tertiary/aromatic N) is 1. The smallest absolute Gasteiger partial charge is 0.0300 e. The van der Waals surface area contributed by atoms with E-state index in [0.717, 1.165) is 24.4 Å². The van der Waals surface area contributed by atoms with E-state index in [1.54, 1.807) is 0 Å². The molecule has 0 saturated heterocycles. The third-order valence-electron chi connectivity index (χ3n) is 5.77. The van der Waals surface area contributed by atoms with Crippen LogP contribution in [-0.4, -0.2) is 11.0 Å². The van der Waals surface area contributed by atoms with Crippen LogP contribution in [0.1, 0.15) is 68.9 Å². The maximum atomic E-state index is 4.20. The molecule has 116 valence electrons. The van der Waals surface area contributed by atoms with Gasteiger partial charge in [-0.3, -0.25) is 4.98 Å². The summed E-state index contributed by atoms with van der Waals surface area (Å²) in [5, 5.41) is 3.90. The highest BCUT2D eigenvalue weighted by Crippen LogP contribution is 2.38. The van der Waals surface area contributed by atoms with Crippen molar-refractivity contribution in [2.75, 3.05) is 0 Å². The van der Waals surface area contributed by atoms with E-state index in [2.05, 4.69) is 23.3 Å². The van der Waals surface area contributed by atoms with Gasteiger partial charge < -0.3 is 5.32 Å². The molecule has 0 amide bonds. The van der Waals surface area contributed by atoms with Crippen molar-refractivity contribution in [3.05, 3.63) is 29.6 Å². The van der Waals surface area contributed by atoms with Crippen LogP contribution in [-0.2, 0) is 6.54 Å². The van der Waals surface area contributed by atoms with E-state index < -0.39 is 0 Å². The van der Waals surface area contributed by atoms with E-state index in [1.165, 1.54) is 68.9 Å². The Morgan fingerprint density at radius 3 is 2.62 bits per heavy atom. The monoisotopic (exact) mass is 286 g/mol. The number of rotatable bonds is 4. The van der Waals surface area contributed by atoms with Crippen LogP contribution >= 0.6 is 0 Å². The first kappa shape index (κ1) is 15.0. The zero-order chi connectivity index (χ0) is 14.5. The van der Waals surface area contributed by atoms with Crippen LogP contribution in [0.4, 0.5) is 0 Å². The molecule has 2 saturated carbocycles. The lowest BCUT2D eigenvalue weighted by Crippen LogP contribution is -2.42. The van der Waals surface area contributed by atoms with Gasteiger partial charge in [0.05, 0.1) is 0 Å².